The van der Waals surface area contributed by atoms with Gasteiger partial charge in [0.25, 0.3) is 0 Å². The average Bonchev–Trinajstić information content (AvgIpc) is 2.86. The van der Waals surface area contributed by atoms with Crippen LogP contribution in [0.5, 0.6) is 11.8 Å². The summed E-state index contributed by atoms with van der Waals surface area (Å²) in [5, 5.41) is 18.8. The number of allylic oxidation sites excluding steroid dienone is 1. The molecular weight excluding hydrogens is 264 g/mol. The summed E-state index contributed by atoms with van der Waals surface area (Å²) in [6.45, 7) is 8.67. The second-order valence-corrected chi connectivity index (χ2v) is 3.86. The van der Waals surface area contributed by atoms with Crippen molar-refractivity contribution in [2.24, 2.45) is 4.99 Å². The molecule has 1 aromatic rings. The number of rotatable bonds is 3. The van der Waals surface area contributed by atoms with Gasteiger partial charge in [-0.05, 0) is 6.92 Å². The van der Waals surface area contributed by atoms with Crippen LogP contribution in [0.25, 0.3) is 0 Å². The number of hydrogen-bond donors (Lipinski definition) is 2. The van der Waals surface area contributed by atoms with Crippen molar-refractivity contribution in [3.05, 3.63) is 48.6 Å². The van der Waals surface area contributed by atoms with Gasteiger partial charge in [-0.15, -0.1) is 4.73 Å². The highest BCUT2D eigenvalue weighted by molar-refractivity contribution is 6.17. The number of aliphatic imine (C=N–C) groups is 1. The first-order valence-electron chi connectivity index (χ1n) is 5.55. The zero-order chi connectivity index (χ0) is 14.9. The zero-order valence-corrected chi connectivity index (χ0v) is 10.7. The van der Waals surface area contributed by atoms with E-state index in [1.165, 1.54) is 18.3 Å². The lowest BCUT2D eigenvalue weighted by atomic mass is 10.1. The highest BCUT2D eigenvalue weighted by Gasteiger charge is 2.31. The molecule has 0 bridgehead atoms. The molecule has 0 fully saturated rings. The Hall–Kier alpha value is -2.96. The first-order valence-corrected chi connectivity index (χ1v) is 5.55. The number of ether oxygens (including phenoxy) is 1. The van der Waals surface area contributed by atoms with Gasteiger partial charge in [0.05, 0.1) is 0 Å². The Kier molecular flexibility index (Phi) is 3.34. The molecule has 7 nitrogen and oxygen atoms in total. The van der Waals surface area contributed by atoms with Gasteiger partial charge >= 0.3 is 5.97 Å². The topological polar surface area (TPSA) is 93.3 Å². The van der Waals surface area contributed by atoms with E-state index in [0.717, 1.165) is 0 Å². The molecule has 7 heteroatoms. The molecule has 0 atom stereocenters. The van der Waals surface area contributed by atoms with Crippen molar-refractivity contribution in [1.82, 2.24) is 4.73 Å². The second kappa shape index (κ2) is 4.96. The van der Waals surface area contributed by atoms with Crippen LogP contribution in [-0.4, -0.2) is 26.6 Å². The van der Waals surface area contributed by atoms with Crippen LogP contribution < -0.4 is 4.84 Å². The molecule has 0 amide bonds. The van der Waals surface area contributed by atoms with Gasteiger partial charge in [-0.3, -0.25) is 4.99 Å². The highest BCUT2D eigenvalue weighted by atomic mass is 16.7. The molecule has 1 aromatic heterocycles. The molecule has 104 valence electrons. The van der Waals surface area contributed by atoms with Crippen molar-refractivity contribution < 1.29 is 24.6 Å². The van der Waals surface area contributed by atoms with E-state index >= 15 is 0 Å². The van der Waals surface area contributed by atoms with Crippen molar-refractivity contribution >= 4 is 11.7 Å². The molecule has 2 heterocycles. The fraction of sp³-hybridized carbons (Fsp3) is 0.0769. The highest BCUT2D eigenvalue weighted by Crippen LogP contribution is 2.26. The molecule has 0 aliphatic carbocycles. The van der Waals surface area contributed by atoms with Crippen LogP contribution in [0, 0.1) is 0 Å². The standard InChI is InChI=1S/C13H12N2O5/c1-4-14-11-7(2)12(19-8(11)3)13(18)20-15-9(16)5-6-10(15)17/h4-6,16-17H,1,3H2,2H3. The van der Waals surface area contributed by atoms with Gasteiger partial charge in [-0.25, -0.2) is 4.79 Å². The van der Waals surface area contributed by atoms with E-state index in [0.29, 0.717) is 16.0 Å². The fourth-order valence-corrected chi connectivity index (χ4v) is 1.64. The van der Waals surface area contributed by atoms with Gasteiger partial charge in [0.2, 0.25) is 17.5 Å². The lowest BCUT2D eigenvalue weighted by Crippen LogP contribution is -2.21. The SMILES string of the molecule is C=CN=C1C(=C)OC(C(=O)On2c(O)ccc2O)=C1C. The molecule has 0 radical (unpaired) electrons. The monoisotopic (exact) mass is 276 g/mol. The normalized spacial score (nSPS) is 16.4. The Labute approximate surface area is 114 Å². The Balaban J connectivity index is 2.29. The third kappa shape index (κ3) is 2.16. The molecule has 1 aliphatic heterocycles. The van der Waals surface area contributed by atoms with Crippen molar-refractivity contribution in [3.8, 4) is 11.8 Å². The summed E-state index contributed by atoms with van der Waals surface area (Å²) in [5.74, 6) is -1.69. The van der Waals surface area contributed by atoms with Crippen molar-refractivity contribution in [2.45, 2.75) is 6.92 Å². The van der Waals surface area contributed by atoms with Gasteiger partial charge in [-0.1, -0.05) is 13.2 Å². The minimum atomic E-state index is -0.903. The van der Waals surface area contributed by atoms with Gasteiger partial charge in [0.15, 0.2) is 0 Å². The van der Waals surface area contributed by atoms with Crippen molar-refractivity contribution in [3.63, 3.8) is 0 Å². The average molecular weight is 276 g/mol. The van der Waals surface area contributed by atoms with Gasteiger partial charge in [0, 0.05) is 23.9 Å². The summed E-state index contributed by atoms with van der Waals surface area (Å²) >= 11 is 0. The maximum Gasteiger partial charge on any atom is 0.399 e. The van der Waals surface area contributed by atoms with E-state index in [4.69, 9.17) is 9.57 Å². The summed E-state index contributed by atoms with van der Waals surface area (Å²) in [4.78, 5) is 20.7. The van der Waals surface area contributed by atoms with Crippen LogP contribution in [0.4, 0.5) is 0 Å². The molecule has 1 aliphatic rings. The molecule has 0 unspecified atom stereocenters. The minimum absolute atomic E-state index is 0.122. The van der Waals surface area contributed by atoms with Gasteiger partial charge in [-0.2, -0.15) is 0 Å². The number of carbonyl (C=O) groups excluding carboxylic acids is 1. The van der Waals surface area contributed by atoms with Crippen LogP contribution in [0.2, 0.25) is 0 Å². The number of hydrogen-bond acceptors (Lipinski definition) is 6. The van der Waals surface area contributed by atoms with E-state index in [-0.39, 0.29) is 11.5 Å². The lowest BCUT2D eigenvalue weighted by Gasteiger charge is -2.07. The summed E-state index contributed by atoms with van der Waals surface area (Å²) in [6.07, 6.45) is 1.30. The Morgan fingerprint density at radius 2 is 2.05 bits per heavy atom. The first kappa shape index (κ1) is 13.5. The maximum atomic E-state index is 12.0. The molecule has 0 saturated carbocycles. The maximum absolute atomic E-state index is 12.0. The minimum Gasteiger partial charge on any atom is -0.492 e. The zero-order valence-electron chi connectivity index (χ0n) is 10.7. The van der Waals surface area contributed by atoms with Crippen LogP contribution in [0.15, 0.2) is 53.6 Å². The van der Waals surface area contributed by atoms with Crippen molar-refractivity contribution in [2.75, 3.05) is 0 Å². The van der Waals surface area contributed by atoms with E-state index in [9.17, 15) is 15.0 Å². The quantitative estimate of drug-likeness (QED) is 0.866. The number of aromatic nitrogens is 1. The van der Waals surface area contributed by atoms with Gasteiger partial charge in [0.1, 0.15) is 11.5 Å². The predicted molar refractivity (Wildman–Crippen MR) is 69.9 cm³/mol. The van der Waals surface area contributed by atoms with Crippen molar-refractivity contribution in [1.29, 1.82) is 0 Å². The van der Waals surface area contributed by atoms with Crippen LogP contribution in [0.1, 0.15) is 6.92 Å². The van der Waals surface area contributed by atoms with Crippen LogP contribution in [-0.2, 0) is 9.53 Å². The largest absolute Gasteiger partial charge is 0.492 e. The molecule has 2 N–H and O–H groups in total. The van der Waals surface area contributed by atoms with E-state index in [2.05, 4.69) is 18.2 Å². The Morgan fingerprint density at radius 1 is 1.45 bits per heavy atom. The summed E-state index contributed by atoms with van der Waals surface area (Å²) in [6, 6.07) is 2.34. The predicted octanol–water partition coefficient (Wildman–Crippen LogP) is 1.26. The molecule has 20 heavy (non-hydrogen) atoms. The van der Waals surface area contributed by atoms with Crippen LogP contribution in [0.3, 0.4) is 0 Å². The van der Waals surface area contributed by atoms with Crippen LogP contribution >= 0.6 is 0 Å². The summed E-state index contributed by atoms with van der Waals surface area (Å²) in [7, 11) is 0. The molecule has 2 rings (SSSR count). The van der Waals surface area contributed by atoms with E-state index in [1.54, 1.807) is 6.92 Å². The number of carbonyl (C=O) groups is 1. The Morgan fingerprint density at radius 3 is 2.60 bits per heavy atom. The lowest BCUT2D eigenvalue weighted by molar-refractivity contribution is -0.143. The third-order valence-corrected chi connectivity index (χ3v) is 2.56. The molecule has 0 saturated heterocycles. The van der Waals surface area contributed by atoms with Gasteiger partial charge < -0.3 is 19.8 Å². The third-order valence-electron chi connectivity index (χ3n) is 2.56. The second-order valence-electron chi connectivity index (χ2n) is 3.86. The van der Waals surface area contributed by atoms with E-state index < -0.39 is 17.7 Å². The van der Waals surface area contributed by atoms with E-state index in [1.807, 2.05) is 0 Å². The molecule has 0 aromatic carbocycles. The number of nitrogens with zero attached hydrogens (tertiary/aromatic N) is 2. The summed E-state index contributed by atoms with van der Waals surface area (Å²) in [5.41, 5.74) is 0.805. The first-order chi connectivity index (χ1) is 9.45. The summed E-state index contributed by atoms with van der Waals surface area (Å²) < 4.78 is 5.75. The molecule has 0 spiro atoms. The number of aromatic hydroxyl groups is 2. The Bertz CT molecular complexity index is 647. The fourth-order valence-electron chi connectivity index (χ4n) is 1.64. The smallest absolute Gasteiger partial charge is 0.399 e. The molecular formula is C13H12N2O5.